The van der Waals surface area contributed by atoms with Gasteiger partial charge in [0.25, 0.3) is 0 Å². The van der Waals surface area contributed by atoms with E-state index in [1.54, 1.807) is 0 Å². The van der Waals surface area contributed by atoms with Gasteiger partial charge in [-0.2, -0.15) is 4.39 Å². The van der Waals surface area contributed by atoms with Crippen LogP contribution in [0.25, 0.3) is 11.1 Å². The molecule has 92 valence electrons. The average Bonchev–Trinajstić information content (AvgIpc) is 2.32. The highest BCUT2D eigenvalue weighted by atomic mass is 19.2. The molecule has 0 radical (unpaired) electrons. The van der Waals surface area contributed by atoms with Gasteiger partial charge in [0.05, 0.1) is 4.92 Å². The SMILES string of the molecule is O=[N+]([O-])c1ccc(-c2cccc(F)c2F)cc1F. The number of hydrogen-bond acceptors (Lipinski definition) is 2. The molecule has 2 aromatic carbocycles. The van der Waals surface area contributed by atoms with Gasteiger partial charge in [0.1, 0.15) is 0 Å². The van der Waals surface area contributed by atoms with E-state index in [9.17, 15) is 23.3 Å². The van der Waals surface area contributed by atoms with Crippen molar-refractivity contribution in [1.29, 1.82) is 0 Å². The summed E-state index contributed by atoms with van der Waals surface area (Å²) in [5, 5.41) is 10.4. The molecule has 0 atom stereocenters. The lowest BCUT2D eigenvalue weighted by molar-refractivity contribution is -0.387. The van der Waals surface area contributed by atoms with E-state index in [1.165, 1.54) is 18.2 Å². The average molecular weight is 253 g/mol. The molecule has 2 rings (SSSR count). The molecule has 0 N–H and O–H groups in total. The molecule has 0 heterocycles. The van der Waals surface area contributed by atoms with Crippen LogP contribution in [0.3, 0.4) is 0 Å². The number of rotatable bonds is 2. The zero-order valence-corrected chi connectivity index (χ0v) is 8.86. The standard InChI is InChI=1S/C12H6F3NO2/c13-9-3-1-2-8(12(9)15)7-4-5-11(16(17)18)10(14)6-7/h1-6H. The van der Waals surface area contributed by atoms with Gasteiger partial charge in [-0.3, -0.25) is 10.1 Å². The normalized spacial score (nSPS) is 10.4. The summed E-state index contributed by atoms with van der Waals surface area (Å²) < 4.78 is 39.8. The zero-order chi connectivity index (χ0) is 13.3. The third-order valence-corrected chi connectivity index (χ3v) is 2.41. The lowest BCUT2D eigenvalue weighted by Crippen LogP contribution is -1.94. The number of nitrogens with zero attached hydrogens (tertiary/aromatic N) is 1. The van der Waals surface area contributed by atoms with Crippen molar-refractivity contribution >= 4 is 5.69 Å². The van der Waals surface area contributed by atoms with E-state index in [-0.39, 0.29) is 11.1 Å². The first-order valence-corrected chi connectivity index (χ1v) is 4.89. The van der Waals surface area contributed by atoms with Crippen LogP contribution in [0.5, 0.6) is 0 Å². The molecular formula is C12H6F3NO2. The van der Waals surface area contributed by atoms with Crippen LogP contribution in [-0.4, -0.2) is 4.92 Å². The van der Waals surface area contributed by atoms with E-state index >= 15 is 0 Å². The largest absolute Gasteiger partial charge is 0.304 e. The van der Waals surface area contributed by atoms with Gasteiger partial charge >= 0.3 is 5.69 Å². The Balaban J connectivity index is 2.56. The molecule has 0 spiro atoms. The number of nitro groups is 1. The van der Waals surface area contributed by atoms with Gasteiger partial charge in [-0.1, -0.05) is 12.1 Å². The lowest BCUT2D eigenvalue weighted by Gasteiger charge is -2.04. The van der Waals surface area contributed by atoms with Gasteiger partial charge in [-0.25, -0.2) is 8.78 Å². The van der Waals surface area contributed by atoms with Crippen molar-refractivity contribution in [3.63, 3.8) is 0 Å². The fourth-order valence-corrected chi connectivity index (χ4v) is 1.55. The van der Waals surface area contributed by atoms with Gasteiger partial charge in [0, 0.05) is 11.6 Å². The van der Waals surface area contributed by atoms with E-state index in [2.05, 4.69) is 0 Å². The van der Waals surface area contributed by atoms with Crippen LogP contribution in [0.2, 0.25) is 0 Å². The highest BCUT2D eigenvalue weighted by molar-refractivity contribution is 5.65. The molecule has 3 nitrogen and oxygen atoms in total. The van der Waals surface area contributed by atoms with Crippen LogP contribution in [0.15, 0.2) is 36.4 Å². The van der Waals surface area contributed by atoms with Gasteiger partial charge < -0.3 is 0 Å². The quantitative estimate of drug-likeness (QED) is 0.605. The Bertz CT molecular complexity index is 629. The molecule has 0 aliphatic rings. The monoisotopic (exact) mass is 253 g/mol. The van der Waals surface area contributed by atoms with Gasteiger partial charge in [-0.15, -0.1) is 0 Å². The number of hydrogen-bond donors (Lipinski definition) is 0. The second-order valence-electron chi connectivity index (χ2n) is 3.52. The number of nitro benzene ring substituents is 1. The lowest BCUT2D eigenvalue weighted by atomic mass is 10.0. The maximum atomic E-state index is 13.4. The summed E-state index contributed by atoms with van der Waals surface area (Å²) in [6, 6.07) is 6.34. The molecule has 6 heteroatoms. The van der Waals surface area contributed by atoms with Crippen molar-refractivity contribution in [2.24, 2.45) is 0 Å². The van der Waals surface area contributed by atoms with E-state index in [0.717, 1.165) is 18.2 Å². The van der Waals surface area contributed by atoms with Crippen molar-refractivity contribution in [2.45, 2.75) is 0 Å². The molecule has 0 unspecified atom stereocenters. The maximum absolute atomic E-state index is 13.4. The molecule has 0 aliphatic carbocycles. The topological polar surface area (TPSA) is 43.1 Å². The van der Waals surface area contributed by atoms with Gasteiger partial charge in [0.2, 0.25) is 5.82 Å². The predicted octanol–water partition coefficient (Wildman–Crippen LogP) is 3.68. The molecule has 0 aromatic heterocycles. The third kappa shape index (κ3) is 2.04. The Labute approximate surface area is 99.6 Å². The summed E-state index contributed by atoms with van der Waals surface area (Å²) in [6.45, 7) is 0. The molecule has 0 bridgehead atoms. The van der Waals surface area contributed by atoms with E-state index in [1.807, 2.05) is 0 Å². The van der Waals surface area contributed by atoms with Gasteiger partial charge in [0.15, 0.2) is 11.6 Å². The Morgan fingerprint density at radius 3 is 2.33 bits per heavy atom. The van der Waals surface area contributed by atoms with Crippen molar-refractivity contribution < 1.29 is 18.1 Å². The molecule has 0 saturated heterocycles. The minimum absolute atomic E-state index is 0.0371. The number of halogens is 3. The highest BCUT2D eigenvalue weighted by Crippen LogP contribution is 2.28. The Hall–Kier alpha value is -2.37. The predicted molar refractivity (Wildman–Crippen MR) is 58.4 cm³/mol. The molecule has 0 amide bonds. The van der Waals surface area contributed by atoms with Crippen LogP contribution >= 0.6 is 0 Å². The van der Waals surface area contributed by atoms with Gasteiger partial charge in [-0.05, 0) is 23.8 Å². The van der Waals surface area contributed by atoms with Crippen molar-refractivity contribution in [3.05, 3.63) is 64.0 Å². The molecule has 18 heavy (non-hydrogen) atoms. The van der Waals surface area contributed by atoms with Crippen molar-refractivity contribution in [3.8, 4) is 11.1 Å². The summed E-state index contributed by atoms with van der Waals surface area (Å²) >= 11 is 0. The Kier molecular flexibility index (Phi) is 3.01. The smallest absolute Gasteiger partial charge is 0.258 e. The summed E-state index contributed by atoms with van der Waals surface area (Å²) in [4.78, 5) is 9.53. The Morgan fingerprint density at radius 1 is 1.00 bits per heavy atom. The van der Waals surface area contributed by atoms with Crippen LogP contribution in [0.1, 0.15) is 0 Å². The summed E-state index contributed by atoms with van der Waals surface area (Å²) in [6.07, 6.45) is 0. The fourth-order valence-electron chi connectivity index (χ4n) is 1.55. The molecule has 0 saturated carbocycles. The third-order valence-electron chi connectivity index (χ3n) is 2.41. The first-order valence-electron chi connectivity index (χ1n) is 4.89. The van der Waals surface area contributed by atoms with E-state index in [0.29, 0.717) is 0 Å². The first-order chi connectivity index (χ1) is 8.50. The second-order valence-corrected chi connectivity index (χ2v) is 3.52. The fraction of sp³-hybridized carbons (Fsp3) is 0. The minimum atomic E-state index is -1.12. The van der Waals surface area contributed by atoms with E-state index in [4.69, 9.17) is 0 Å². The van der Waals surface area contributed by atoms with Crippen LogP contribution < -0.4 is 0 Å². The van der Waals surface area contributed by atoms with Crippen LogP contribution in [0, 0.1) is 27.6 Å². The maximum Gasteiger partial charge on any atom is 0.304 e. The highest BCUT2D eigenvalue weighted by Gasteiger charge is 2.16. The number of benzene rings is 2. The van der Waals surface area contributed by atoms with Crippen LogP contribution in [0.4, 0.5) is 18.9 Å². The molecule has 0 aliphatic heterocycles. The second kappa shape index (κ2) is 4.48. The summed E-state index contributed by atoms with van der Waals surface area (Å²) in [5.74, 6) is -3.28. The molecule has 0 fully saturated rings. The molecular weight excluding hydrogens is 247 g/mol. The minimum Gasteiger partial charge on any atom is -0.258 e. The van der Waals surface area contributed by atoms with Crippen molar-refractivity contribution in [2.75, 3.05) is 0 Å². The van der Waals surface area contributed by atoms with E-state index < -0.39 is 28.1 Å². The zero-order valence-electron chi connectivity index (χ0n) is 8.86. The van der Waals surface area contributed by atoms with Crippen molar-refractivity contribution in [1.82, 2.24) is 0 Å². The Morgan fingerprint density at radius 2 is 1.72 bits per heavy atom. The summed E-state index contributed by atoms with van der Waals surface area (Å²) in [5.41, 5.74) is -0.825. The summed E-state index contributed by atoms with van der Waals surface area (Å²) in [7, 11) is 0. The first kappa shape index (κ1) is 12.1. The molecule has 2 aromatic rings. The van der Waals surface area contributed by atoms with Crippen LogP contribution in [-0.2, 0) is 0 Å².